The summed E-state index contributed by atoms with van der Waals surface area (Å²) in [4.78, 5) is 54.3. The van der Waals surface area contributed by atoms with Crippen molar-refractivity contribution in [3.8, 4) is 11.8 Å². The molecular formula is C31H37ClN4O4. The maximum atomic E-state index is 13.6. The summed E-state index contributed by atoms with van der Waals surface area (Å²) in [6, 6.07) is 4.98. The van der Waals surface area contributed by atoms with Crippen molar-refractivity contribution in [2.24, 2.45) is 22.5 Å². The van der Waals surface area contributed by atoms with Crippen LogP contribution in [0, 0.1) is 28.6 Å². The summed E-state index contributed by atoms with van der Waals surface area (Å²) in [5.41, 5.74) is 8.80. The van der Waals surface area contributed by atoms with Crippen LogP contribution in [-0.2, 0) is 20.9 Å². The Morgan fingerprint density at radius 2 is 1.70 bits per heavy atom. The lowest BCUT2D eigenvalue weighted by Gasteiger charge is -2.52. The second kappa shape index (κ2) is 9.60. The second-order valence-electron chi connectivity index (χ2n) is 13.1. The van der Waals surface area contributed by atoms with Gasteiger partial charge in [0.25, 0.3) is 5.91 Å². The Labute approximate surface area is 241 Å². The molecule has 4 amide bonds. The SMILES string of the molecule is Cl.NC12CCC(C(=O)N3CCC4(CC3)C[C@@H]4C#Cc3cccc4c3CN(C3CCC(=O)NC3=O)C4=O)(CC1)CC2. The highest BCUT2D eigenvalue weighted by molar-refractivity contribution is 6.05. The van der Waals surface area contributed by atoms with E-state index in [0.29, 0.717) is 30.4 Å². The van der Waals surface area contributed by atoms with Crippen molar-refractivity contribution in [1.82, 2.24) is 15.1 Å². The summed E-state index contributed by atoms with van der Waals surface area (Å²) in [7, 11) is 0. The average molecular weight is 565 g/mol. The first kappa shape index (κ1) is 27.3. The van der Waals surface area contributed by atoms with E-state index >= 15 is 0 Å². The topological polar surface area (TPSA) is 113 Å². The van der Waals surface area contributed by atoms with Gasteiger partial charge in [0.15, 0.2) is 0 Å². The fraction of sp³-hybridized carbons (Fsp3) is 0.613. The van der Waals surface area contributed by atoms with Gasteiger partial charge in [0.1, 0.15) is 6.04 Å². The van der Waals surface area contributed by atoms with E-state index in [1.54, 1.807) is 11.0 Å². The van der Waals surface area contributed by atoms with Crippen LogP contribution < -0.4 is 11.1 Å². The Morgan fingerprint density at radius 3 is 2.38 bits per heavy atom. The lowest BCUT2D eigenvalue weighted by atomic mass is 9.57. The number of nitrogens with zero attached hydrogens (tertiary/aromatic N) is 2. The monoisotopic (exact) mass is 564 g/mol. The number of hydrogen-bond donors (Lipinski definition) is 2. The van der Waals surface area contributed by atoms with E-state index < -0.39 is 11.9 Å². The number of benzene rings is 1. The first-order valence-corrected chi connectivity index (χ1v) is 14.6. The molecule has 4 aliphatic carbocycles. The van der Waals surface area contributed by atoms with Gasteiger partial charge < -0.3 is 15.5 Å². The molecule has 3 N–H and O–H groups in total. The number of nitrogens with one attached hydrogen (secondary N) is 1. The fourth-order valence-corrected chi connectivity index (χ4v) is 8.00. The Kier molecular flexibility index (Phi) is 6.55. The van der Waals surface area contributed by atoms with Gasteiger partial charge in [-0.05, 0) is 87.3 Å². The van der Waals surface area contributed by atoms with Gasteiger partial charge in [0.2, 0.25) is 17.7 Å². The number of hydrogen-bond acceptors (Lipinski definition) is 5. The largest absolute Gasteiger partial charge is 0.342 e. The molecule has 6 fully saturated rings. The van der Waals surface area contributed by atoms with Crippen molar-refractivity contribution < 1.29 is 19.2 Å². The van der Waals surface area contributed by atoms with Gasteiger partial charge in [-0.2, -0.15) is 0 Å². The molecule has 3 heterocycles. The Bertz CT molecular complexity index is 1330. The number of fused-ring (bicyclic) bond motifs is 4. The highest BCUT2D eigenvalue weighted by atomic mass is 35.5. The number of likely N-dealkylation sites (tertiary alicyclic amines) is 1. The smallest absolute Gasteiger partial charge is 0.255 e. The molecule has 7 aliphatic rings. The summed E-state index contributed by atoms with van der Waals surface area (Å²) in [6.45, 7) is 1.98. The van der Waals surface area contributed by atoms with Crippen molar-refractivity contribution in [3.05, 3.63) is 34.9 Å². The van der Waals surface area contributed by atoms with Crippen LogP contribution in [-0.4, -0.2) is 58.1 Å². The lowest BCUT2D eigenvalue weighted by molar-refractivity contribution is -0.150. The lowest BCUT2D eigenvalue weighted by Crippen LogP contribution is -2.58. The van der Waals surface area contributed by atoms with Crippen LogP contribution in [0.4, 0.5) is 0 Å². The quantitative estimate of drug-likeness (QED) is 0.424. The van der Waals surface area contributed by atoms with E-state index in [4.69, 9.17) is 5.73 Å². The molecule has 40 heavy (non-hydrogen) atoms. The zero-order valence-electron chi connectivity index (χ0n) is 22.8. The molecule has 1 unspecified atom stereocenters. The fourth-order valence-electron chi connectivity index (χ4n) is 8.00. The van der Waals surface area contributed by atoms with Gasteiger partial charge in [-0.1, -0.05) is 17.9 Å². The van der Waals surface area contributed by atoms with Gasteiger partial charge in [-0.25, -0.2) is 0 Å². The predicted molar refractivity (Wildman–Crippen MR) is 150 cm³/mol. The molecule has 2 bridgehead atoms. The molecule has 1 aromatic carbocycles. The number of rotatable bonds is 2. The minimum Gasteiger partial charge on any atom is -0.342 e. The molecule has 1 spiro atoms. The molecule has 2 saturated heterocycles. The number of imide groups is 1. The van der Waals surface area contributed by atoms with E-state index in [2.05, 4.69) is 22.1 Å². The maximum Gasteiger partial charge on any atom is 0.255 e. The van der Waals surface area contributed by atoms with Crippen molar-refractivity contribution >= 4 is 36.0 Å². The molecule has 212 valence electrons. The average Bonchev–Trinajstić information content (AvgIpc) is 3.50. The minimum absolute atomic E-state index is 0. The molecule has 4 saturated carbocycles. The number of carbonyl (C=O) groups is 4. The number of halogens is 1. The number of carbonyl (C=O) groups excluding carboxylic acids is 4. The zero-order valence-corrected chi connectivity index (χ0v) is 23.6. The molecule has 1 aromatic rings. The van der Waals surface area contributed by atoms with Crippen molar-refractivity contribution in [2.75, 3.05) is 13.1 Å². The van der Waals surface area contributed by atoms with E-state index in [1.807, 2.05) is 12.1 Å². The summed E-state index contributed by atoms with van der Waals surface area (Å²) >= 11 is 0. The van der Waals surface area contributed by atoms with Crippen molar-refractivity contribution in [2.45, 2.75) is 88.8 Å². The highest BCUT2D eigenvalue weighted by Crippen LogP contribution is 2.60. The maximum absolute atomic E-state index is 13.6. The predicted octanol–water partition coefficient (Wildman–Crippen LogP) is 2.90. The van der Waals surface area contributed by atoms with Gasteiger partial charge in [-0.3, -0.25) is 24.5 Å². The molecule has 3 aliphatic heterocycles. The van der Waals surface area contributed by atoms with Crippen molar-refractivity contribution in [3.63, 3.8) is 0 Å². The van der Waals surface area contributed by atoms with E-state index in [-0.39, 0.29) is 47.0 Å². The zero-order chi connectivity index (χ0) is 27.0. The van der Waals surface area contributed by atoms with Gasteiger partial charge in [0.05, 0.1) is 0 Å². The molecule has 9 heteroatoms. The minimum atomic E-state index is -0.623. The van der Waals surface area contributed by atoms with Crippen molar-refractivity contribution in [1.29, 1.82) is 0 Å². The van der Waals surface area contributed by atoms with Crippen LogP contribution in [0.5, 0.6) is 0 Å². The second-order valence-corrected chi connectivity index (χ2v) is 13.1. The van der Waals surface area contributed by atoms with Crippen LogP contribution in [0.15, 0.2) is 18.2 Å². The van der Waals surface area contributed by atoms with Gasteiger partial charge >= 0.3 is 0 Å². The molecule has 2 atom stereocenters. The van der Waals surface area contributed by atoms with Crippen LogP contribution in [0.25, 0.3) is 0 Å². The van der Waals surface area contributed by atoms with Crippen LogP contribution in [0.3, 0.4) is 0 Å². The highest BCUT2D eigenvalue weighted by Gasteiger charge is 2.57. The molecule has 0 aromatic heterocycles. The summed E-state index contributed by atoms with van der Waals surface area (Å²) in [5, 5.41) is 2.36. The van der Waals surface area contributed by atoms with E-state index in [9.17, 15) is 19.2 Å². The number of nitrogens with two attached hydrogens (primary N) is 1. The van der Waals surface area contributed by atoms with Gasteiger partial charge in [0, 0.05) is 54.1 Å². The molecule has 8 rings (SSSR count). The third-order valence-electron chi connectivity index (χ3n) is 11.0. The normalized spacial score (nSPS) is 33.6. The Hall–Kier alpha value is -2.89. The standard InChI is InChI=1S/C31H36N4O4.ClH/c32-31-11-8-29(9-12-31,10-13-31)28(39)34-16-14-30(15-17-34)18-21(30)5-4-20-2-1-3-22-23(20)19-35(27(22)38)24-6-7-25(36)33-26(24)37;/h1-3,21,24H,6-19,32H2,(H,33,36,37);1H/t21-,24?,29?,31?;/m0./s1. The molecular weight excluding hydrogens is 528 g/mol. The third-order valence-corrected chi connectivity index (χ3v) is 11.0. The Balaban J connectivity index is 0.00000289. The number of piperidine rings is 2. The van der Waals surface area contributed by atoms with E-state index in [0.717, 1.165) is 82.0 Å². The summed E-state index contributed by atoms with van der Waals surface area (Å²) in [5.74, 6) is 6.70. The molecule has 0 radical (unpaired) electrons. The van der Waals surface area contributed by atoms with Crippen LogP contribution in [0.2, 0.25) is 0 Å². The first-order chi connectivity index (χ1) is 18.7. The third kappa shape index (κ3) is 4.33. The van der Waals surface area contributed by atoms with Crippen LogP contribution >= 0.6 is 12.4 Å². The number of amides is 4. The summed E-state index contributed by atoms with van der Waals surface area (Å²) in [6.07, 6.45) is 9.45. The van der Waals surface area contributed by atoms with E-state index in [1.165, 1.54) is 0 Å². The first-order valence-electron chi connectivity index (χ1n) is 14.6. The van der Waals surface area contributed by atoms with Crippen LogP contribution in [0.1, 0.15) is 92.1 Å². The Morgan fingerprint density at radius 1 is 1.00 bits per heavy atom. The van der Waals surface area contributed by atoms with Gasteiger partial charge in [-0.15, -0.1) is 12.4 Å². The molecule has 8 nitrogen and oxygen atoms in total. The summed E-state index contributed by atoms with van der Waals surface area (Å²) < 4.78 is 0.